The van der Waals surface area contributed by atoms with Gasteiger partial charge in [-0.3, -0.25) is 0 Å². The average molecular weight is 303 g/mol. The second-order valence-electron chi connectivity index (χ2n) is 3.82. The summed E-state index contributed by atoms with van der Waals surface area (Å²) < 4.78 is 101. The minimum absolute atomic E-state index is 1.11. The number of hydrogen-bond acceptors (Lipinski definition) is 1. The summed E-state index contributed by atoms with van der Waals surface area (Å²) in [6, 6.07) is 1.11. The van der Waals surface area contributed by atoms with E-state index < -0.39 is 59.6 Å². The second kappa shape index (κ2) is 5.64. The second-order valence-corrected chi connectivity index (χ2v) is 3.82. The zero-order chi connectivity index (χ0) is 15.7. The number of alkyl halides is 3. The Morgan fingerprint density at radius 3 is 1.60 bits per heavy atom. The van der Waals surface area contributed by atoms with Crippen molar-refractivity contribution in [3.8, 4) is 6.07 Å². The Morgan fingerprint density at radius 1 is 0.850 bits per heavy atom. The van der Waals surface area contributed by atoms with Crippen molar-refractivity contribution in [1.82, 2.24) is 0 Å². The van der Waals surface area contributed by atoms with Crippen LogP contribution in [0.25, 0.3) is 0 Å². The molecule has 1 atom stereocenters. The molecule has 0 aliphatic heterocycles. The SMILES string of the molecule is N#C[C@@H](CCC(F)(F)F)c1c(F)c(F)c(F)c(F)c1F. The summed E-state index contributed by atoms with van der Waals surface area (Å²) in [7, 11) is 0. The molecule has 0 saturated heterocycles. The van der Waals surface area contributed by atoms with E-state index in [0.29, 0.717) is 0 Å². The Labute approximate surface area is 107 Å². The maximum Gasteiger partial charge on any atom is 0.389 e. The molecule has 1 aromatic rings. The highest BCUT2D eigenvalue weighted by Gasteiger charge is 2.34. The maximum atomic E-state index is 13.3. The van der Waals surface area contributed by atoms with Crippen molar-refractivity contribution < 1.29 is 35.1 Å². The molecule has 1 rings (SSSR count). The zero-order valence-corrected chi connectivity index (χ0v) is 9.46. The van der Waals surface area contributed by atoms with Crippen LogP contribution in [-0.2, 0) is 0 Å². The highest BCUT2D eigenvalue weighted by Crippen LogP contribution is 2.33. The van der Waals surface area contributed by atoms with E-state index in [4.69, 9.17) is 5.26 Å². The van der Waals surface area contributed by atoms with Crippen molar-refractivity contribution in [1.29, 1.82) is 5.26 Å². The van der Waals surface area contributed by atoms with Gasteiger partial charge < -0.3 is 0 Å². The Balaban J connectivity index is 3.27. The van der Waals surface area contributed by atoms with Gasteiger partial charge in [0.25, 0.3) is 0 Å². The van der Waals surface area contributed by atoms with E-state index in [1.165, 1.54) is 0 Å². The summed E-state index contributed by atoms with van der Waals surface area (Å²) in [4.78, 5) is 0. The number of benzene rings is 1. The summed E-state index contributed by atoms with van der Waals surface area (Å²) in [6.07, 6.45) is -7.43. The molecule has 0 aliphatic rings. The number of rotatable bonds is 3. The summed E-state index contributed by atoms with van der Waals surface area (Å²) in [5.74, 6) is -13.7. The first kappa shape index (κ1) is 16.2. The molecular weight excluding hydrogens is 298 g/mol. The molecule has 20 heavy (non-hydrogen) atoms. The van der Waals surface area contributed by atoms with Crippen LogP contribution in [0.2, 0.25) is 0 Å². The number of halogens is 8. The van der Waals surface area contributed by atoms with Crippen LogP contribution < -0.4 is 0 Å². The Bertz CT molecular complexity index is 528. The third-order valence-electron chi connectivity index (χ3n) is 2.46. The lowest BCUT2D eigenvalue weighted by molar-refractivity contribution is -0.135. The summed E-state index contributed by atoms with van der Waals surface area (Å²) >= 11 is 0. The Morgan fingerprint density at radius 2 is 1.25 bits per heavy atom. The predicted molar refractivity (Wildman–Crippen MR) is 49.9 cm³/mol. The molecule has 0 unspecified atom stereocenters. The minimum atomic E-state index is -4.72. The molecule has 0 fully saturated rings. The molecule has 0 aliphatic carbocycles. The fourth-order valence-corrected chi connectivity index (χ4v) is 1.51. The molecular formula is C11H5F8N. The van der Waals surface area contributed by atoms with Gasteiger partial charge in [-0.2, -0.15) is 18.4 Å². The molecule has 1 aromatic carbocycles. The molecule has 0 aromatic heterocycles. The van der Waals surface area contributed by atoms with Crippen LogP contribution in [0, 0.1) is 40.4 Å². The molecule has 0 heterocycles. The van der Waals surface area contributed by atoms with E-state index in [1.807, 2.05) is 0 Å². The largest absolute Gasteiger partial charge is 0.389 e. The van der Waals surface area contributed by atoms with Gasteiger partial charge in [0, 0.05) is 12.0 Å². The van der Waals surface area contributed by atoms with Crippen LogP contribution in [-0.4, -0.2) is 6.18 Å². The highest BCUT2D eigenvalue weighted by atomic mass is 19.4. The van der Waals surface area contributed by atoms with E-state index in [0.717, 1.165) is 6.07 Å². The highest BCUT2D eigenvalue weighted by molar-refractivity contribution is 5.31. The smallest absolute Gasteiger partial charge is 0.203 e. The van der Waals surface area contributed by atoms with Crippen molar-refractivity contribution in [2.75, 3.05) is 0 Å². The summed E-state index contributed by atoms with van der Waals surface area (Å²) in [5.41, 5.74) is -1.55. The van der Waals surface area contributed by atoms with Crippen molar-refractivity contribution in [3.63, 3.8) is 0 Å². The monoisotopic (exact) mass is 303 g/mol. The van der Waals surface area contributed by atoms with E-state index in [2.05, 4.69) is 0 Å². The van der Waals surface area contributed by atoms with Crippen LogP contribution in [0.4, 0.5) is 35.1 Å². The lowest BCUT2D eigenvalue weighted by atomic mass is 9.94. The van der Waals surface area contributed by atoms with Crippen LogP contribution >= 0.6 is 0 Å². The fraction of sp³-hybridized carbons (Fsp3) is 0.364. The first-order valence-electron chi connectivity index (χ1n) is 5.07. The Kier molecular flexibility index (Phi) is 4.57. The minimum Gasteiger partial charge on any atom is -0.203 e. The molecule has 1 nitrogen and oxygen atoms in total. The van der Waals surface area contributed by atoms with E-state index in [9.17, 15) is 35.1 Å². The zero-order valence-electron chi connectivity index (χ0n) is 9.46. The number of nitriles is 1. The van der Waals surface area contributed by atoms with Crippen molar-refractivity contribution in [3.05, 3.63) is 34.6 Å². The lowest BCUT2D eigenvalue weighted by Gasteiger charge is -2.14. The lowest BCUT2D eigenvalue weighted by Crippen LogP contribution is -2.14. The van der Waals surface area contributed by atoms with Gasteiger partial charge in [-0.15, -0.1) is 0 Å². The summed E-state index contributed by atoms with van der Waals surface area (Å²) in [5, 5.41) is 8.59. The molecule has 0 amide bonds. The van der Waals surface area contributed by atoms with Crippen LogP contribution in [0.15, 0.2) is 0 Å². The van der Waals surface area contributed by atoms with Crippen LogP contribution in [0.1, 0.15) is 24.3 Å². The van der Waals surface area contributed by atoms with Gasteiger partial charge in [-0.25, -0.2) is 22.0 Å². The van der Waals surface area contributed by atoms with E-state index >= 15 is 0 Å². The molecule has 0 bridgehead atoms. The molecule has 0 radical (unpaired) electrons. The van der Waals surface area contributed by atoms with Crippen LogP contribution in [0.5, 0.6) is 0 Å². The van der Waals surface area contributed by atoms with Gasteiger partial charge in [-0.05, 0) is 6.42 Å². The Hall–Kier alpha value is -1.85. The quantitative estimate of drug-likeness (QED) is 0.463. The average Bonchev–Trinajstić information content (AvgIpc) is 2.36. The molecule has 0 saturated carbocycles. The standard InChI is InChI=1S/C11H5F8N/c12-6-5(4(3-20)1-2-11(17,18)19)7(13)9(15)10(16)8(6)14/h4H,1-2H2/t4-/m1/s1. The molecule has 9 heteroatoms. The number of nitrogens with zero attached hydrogens (tertiary/aromatic N) is 1. The molecule has 0 N–H and O–H groups in total. The van der Waals surface area contributed by atoms with Crippen LogP contribution in [0.3, 0.4) is 0 Å². The number of hydrogen-bond donors (Lipinski definition) is 0. The molecule has 110 valence electrons. The van der Waals surface area contributed by atoms with Gasteiger partial charge in [0.1, 0.15) is 0 Å². The van der Waals surface area contributed by atoms with Gasteiger partial charge in [0.15, 0.2) is 23.3 Å². The van der Waals surface area contributed by atoms with Crippen molar-refractivity contribution in [2.45, 2.75) is 24.9 Å². The van der Waals surface area contributed by atoms with Gasteiger partial charge in [0.2, 0.25) is 5.82 Å². The maximum absolute atomic E-state index is 13.3. The first-order valence-corrected chi connectivity index (χ1v) is 5.07. The fourth-order valence-electron chi connectivity index (χ4n) is 1.51. The third kappa shape index (κ3) is 3.18. The van der Waals surface area contributed by atoms with Gasteiger partial charge in [-0.1, -0.05) is 0 Å². The third-order valence-corrected chi connectivity index (χ3v) is 2.46. The summed E-state index contributed by atoms with van der Waals surface area (Å²) in [6.45, 7) is 0. The van der Waals surface area contributed by atoms with Gasteiger partial charge in [0.05, 0.1) is 12.0 Å². The predicted octanol–water partition coefficient (Wildman–Crippen LogP) is 4.33. The molecule has 0 spiro atoms. The van der Waals surface area contributed by atoms with Crippen molar-refractivity contribution in [2.24, 2.45) is 0 Å². The topological polar surface area (TPSA) is 23.8 Å². The first-order chi connectivity index (χ1) is 9.10. The van der Waals surface area contributed by atoms with Gasteiger partial charge >= 0.3 is 6.18 Å². The van der Waals surface area contributed by atoms with E-state index in [1.54, 1.807) is 0 Å². The normalized spacial score (nSPS) is 13.2. The van der Waals surface area contributed by atoms with E-state index in [-0.39, 0.29) is 0 Å². The van der Waals surface area contributed by atoms with Crippen molar-refractivity contribution >= 4 is 0 Å².